The van der Waals surface area contributed by atoms with Gasteiger partial charge < -0.3 is 10.6 Å². The Morgan fingerprint density at radius 1 is 1.18 bits per heavy atom. The van der Waals surface area contributed by atoms with Gasteiger partial charge in [0.05, 0.1) is 4.90 Å². The fourth-order valence-corrected chi connectivity index (χ4v) is 4.63. The number of halogens is 1. The van der Waals surface area contributed by atoms with Gasteiger partial charge in [-0.05, 0) is 49.2 Å². The number of sulfonamides is 1. The van der Waals surface area contributed by atoms with E-state index in [0.717, 1.165) is 13.1 Å². The van der Waals surface area contributed by atoms with Gasteiger partial charge in [-0.15, -0.1) is 12.4 Å². The summed E-state index contributed by atoms with van der Waals surface area (Å²) in [6, 6.07) is 6.10. The number of benzene rings is 1. The Morgan fingerprint density at radius 3 is 2.23 bits per heavy atom. The van der Waals surface area contributed by atoms with Gasteiger partial charge in [0.15, 0.2) is 0 Å². The smallest absolute Gasteiger partial charge is 0.251 e. The first kappa shape index (κ1) is 17.2. The molecule has 2 aliphatic rings. The van der Waals surface area contributed by atoms with Crippen LogP contribution in [0.1, 0.15) is 10.4 Å². The third kappa shape index (κ3) is 2.99. The number of hydrogen-bond donors (Lipinski definition) is 2. The van der Waals surface area contributed by atoms with E-state index in [2.05, 4.69) is 10.6 Å². The molecule has 2 heterocycles. The van der Waals surface area contributed by atoms with Gasteiger partial charge in [0.25, 0.3) is 5.91 Å². The molecule has 0 saturated carbocycles. The average Bonchev–Trinajstić information content (AvgIpc) is 3.08. The molecule has 1 aromatic carbocycles. The lowest BCUT2D eigenvalue weighted by Crippen LogP contribution is -2.32. The second-order valence-corrected chi connectivity index (χ2v) is 7.54. The Hall–Kier alpha value is -1.15. The molecule has 6 nitrogen and oxygen atoms in total. The fourth-order valence-electron chi connectivity index (χ4n) is 3.08. The minimum Gasteiger partial charge on any atom is -0.355 e. The van der Waals surface area contributed by atoms with E-state index < -0.39 is 10.0 Å². The highest BCUT2D eigenvalue weighted by Gasteiger charge is 2.41. The maximum absolute atomic E-state index is 12.6. The second kappa shape index (κ2) is 6.54. The maximum Gasteiger partial charge on any atom is 0.251 e. The Kier molecular flexibility index (Phi) is 5.11. The molecule has 0 unspecified atom stereocenters. The van der Waals surface area contributed by atoms with Crippen LogP contribution in [-0.2, 0) is 10.0 Å². The molecule has 3 rings (SSSR count). The van der Waals surface area contributed by atoms with Crippen LogP contribution in [0.2, 0.25) is 0 Å². The van der Waals surface area contributed by atoms with Crippen LogP contribution in [0.4, 0.5) is 0 Å². The first-order valence-electron chi connectivity index (χ1n) is 7.05. The van der Waals surface area contributed by atoms with Gasteiger partial charge in [-0.2, -0.15) is 4.31 Å². The van der Waals surface area contributed by atoms with Gasteiger partial charge in [-0.3, -0.25) is 4.79 Å². The summed E-state index contributed by atoms with van der Waals surface area (Å²) in [5.41, 5.74) is 0.457. The van der Waals surface area contributed by atoms with E-state index in [4.69, 9.17) is 0 Å². The molecule has 2 atom stereocenters. The zero-order valence-corrected chi connectivity index (χ0v) is 13.9. The van der Waals surface area contributed by atoms with Gasteiger partial charge in [0.2, 0.25) is 10.0 Å². The number of amides is 1. The lowest BCUT2D eigenvalue weighted by Gasteiger charge is -2.17. The molecule has 2 saturated heterocycles. The largest absolute Gasteiger partial charge is 0.355 e. The molecular weight excluding hydrogens is 326 g/mol. The van der Waals surface area contributed by atoms with Crippen molar-refractivity contribution in [1.82, 2.24) is 14.9 Å². The van der Waals surface area contributed by atoms with Crippen molar-refractivity contribution < 1.29 is 13.2 Å². The molecule has 2 aliphatic heterocycles. The van der Waals surface area contributed by atoms with E-state index in [-0.39, 0.29) is 23.2 Å². The topological polar surface area (TPSA) is 78.5 Å². The minimum atomic E-state index is -3.46. The fraction of sp³-hybridized carbons (Fsp3) is 0.500. The van der Waals surface area contributed by atoms with Crippen molar-refractivity contribution in [1.29, 1.82) is 0 Å². The van der Waals surface area contributed by atoms with Crippen molar-refractivity contribution >= 4 is 28.3 Å². The quantitative estimate of drug-likeness (QED) is 0.826. The van der Waals surface area contributed by atoms with E-state index >= 15 is 0 Å². The molecule has 0 spiro atoms. The molecule has 8 heteroatoms. The minimum absolute atomic E-state index is 0. The van der Waals surface area contributed by atoms with Crippen LogP contribution in [0, 0.1) is 11.8 Å². The van der Waals surface area contributed by atoms with Crippen LogP contribution >= 0.6 is 12.4 Å². The number of fused-ring (bicyclic) bond motifs is 1. The molecule has 2 fully saturated rings. The number of carbonyl (C=O) groups excluding carboxylic acids is 1. The summed E-state index contributed by atoms with van der Waals surface area (Å²) in [6.07, 6.45) is 0. The number of hydrogen-bond acceptors (Lipinski definition) is 4. The molecule has 2 N–H and O–H groups in total. The number of nitrogens with zero attached hydrogens (tertiary/aromatic N) is 1. The maximum atomic E-state index is 12.6. The van der Waals surface area contributed by atoms with E-state index in [1.165, 1.54) is 12.1 Å². The zero-order valence-electron chi connectivity index (χ0n) is 12.3. The summed E-state index contributed by atoms with van der Waals surface area (Å²) >= 11 is 0. The Bertz CT molecular complexity index is 636. The van der Waals surface area contributed by atoms with Crippen molar-refractivity contribution in [3.63, 3.8) is 0 Å². The molecule has 0 aliphatic carbocycles. The summed E-state index contributed by atoms with van der Waals surface area (Å²) < 4.78 is 26.8. The van der Waals surface area contributed by atoms with Crippen molar-refractivity contribution in [3.05, 3.63) is 29.8 Å². The summed E-state index contributed by atoms with van der Waals surface area (Å²) in [5.74, 6) is 0.621. The van der Waals surface area contributed by atoms with Crippen LogP contribution in [0.5, 0.6) is 0 Å². The summed E-state index contributed by atoms with van der Waals surface area (Å²) in [4.78, 5) is 11.7. The van der Waals surface area contributed by atoms with Gasteiger partial charge >= 0.3 is 0 Å². The van der Waals surface area contributed by atoms with Crippen molar-refractivity contribution in [3.8, 4) is 0 Å². The highest BCUT2D eigenvalue weighted by atomic mass is 35.5. The third-order valence-corrected chi connectivity index (χ3v) is 6.18. The van der Waals surface area contributed by atoms with Crippen LogP contribution in [0.25, 0.3) is 0 Å². The molecule has 122 valence electrons. The molecular formula is C14H20ClN3O3S. The Labute approximate surface area is 136 Å². The van der Waals surface area contributed by atoms with E-state index in [1.54, 1.807) is 23.5 Å². The van der Waals surface area contributed by atoms with Gasteiger partial charge in [0.1, 0.15) is 0 Å². The standard InChI is InChI=1S/C14H19N3O3S.ClH/c1-15-14(18)10-2-4-13(5-3-10)21(19,20)17-8-11-6-16-7-12(11)9-17;/h2-5,11-12,16H,6-9H2,1H3,(H,15,18);1H/t11-,12+;. The summed E-state index contributed by atoms with van der Waals surface area (Å²) in [7, 11) is -1.91. The van der Waals surface area contributed by atoms with Crippen LogP contribution < -0.4 is 10.6 Å². The monoisotopic (exact) mass is 345 g/mol. The number of nitrogens with one attached hydrogen (secondary N) is 2. The van der Waals surface area contributed by atoms with E-state index in [9.17, 15) is 13.2 Å². The average molecular weight is 346 g/mol. The van der Waals surface area contributed by atoms with Crippen molar-refractivity contribution in [2.75, 3.05) is 33.2 Å². The highest BCUT2D eigenvalue weighted by molar-refractivity contribution is 7.89. The third-order valence-electron chi connectivity index (χ3n) is 4.34. The summed E-state index contributed by atoms with van der Waals surface area (Å²) in [5, 5.41) is 5.81. The zero-order chi connectivity index (χ0) is 15.0. The van der Waals surface area contributed by atoms with Crippen LogP contribution in [0.15, 0.2) is 29.2 Å². The lowest BCUT2D eigenvalue weighted by atomic mass is 10.0. The normalized spacial score (nSPS) is 24.6. The van der Waals surface area contributed by atoms with E-state index in [0.29, 0.717) is 30.5 Å². The molecule has 0 radical (unpaired) electrons. The molecule has 1 aromatic rings. The van der Waals surface area contributed by atoms with Crippen LogP contribution in [-0.4, -0.2) is 51.9 Å². The Morgan fingerprint density at radius 2 is 1.73 bits per heavy atom. The van der Waals surface area contributed by atoms with E-state index in [1.807, 2.05) is 0 Å². The molecule has 0 aromatic heterocycles. The first-order chi connectivity index (χ1) is 10.0. The molecule has 0 bridgehead atoms. The predicted molar refractivity (Wildman–Crippen MR) is 85.7 cm³/mol. The van der Waals surface area contributed by atoms with Gasteiger partial charge in [0, 0.05) is 25.7 Å². The summed E-state index contributed by atoms with van der Waals surface area (Å²) in [6.45, 7) is 2.95. The van der Waals surface area contributed by atoms with Crippen molar-refractivity contribution in [2.45, 2.75) is 4.90 Å². The predicted octanol–water partition coefficient (Wildman–Crippen LogP) is 0.308. The highest BCUT2D eigenvalue weighted by Crippen LogP contribution is 2.30. The van der Waals surface area contributed by atoms with Crippen LogP contribution in [0.3, 0.4) is 0 Å². The van der Waals surface area contributed by atoms with Crippen molar-refractivity contribution in [2.24, 2.45) is 11.8 Å². The molecule has 22 heavy (non-hydrogen) atoms. The first-order valence-corrected chi connectivity index (χ1v) is 8.49. The number of carbonyl (C=O) groups is 1. The molecule has 1 amide bonds. The SMILES string of the molecule is CNC(=O)c1ccc(S(=O)(=O)N2C[C@H]3CNC[C@H]3C2)cc1.Cl. The second-order valence-electron chi connectivity index (χ2n) is 5.60. The van der Waals surface area contributed by atoms with Gasteiger partial charge in [-0.1, -0.05) is 0 Å². The Balaban J connectivity index is 0.00000176. The van der Waals surface area contributed by atoms with Gasteiger partial charge in [-0.25, -0.2) is 8.42 Å². The lowest BCUT2D eigenvalue weighted by molar-refractivity contribution is 0.0963. The number of rotatable bonds is 3.